The van der Waals surface area contributed by atoms with Crippen molar-refractivity contribution in [3.63, 3.8) is 0 Å². The van der Waals surface area contributed by atoms with Crippen LogP contribution >= 0.6 is 0 Å². The molecule has 0 aliphatic carbocycles. The molecule has 1 aromatic carbocycles. The van der Waals surface area contributed by atoms with E-state index in [2.05, 4.69) is 19.1 Å². The molecule has 1 aromatic rings. The zero-order valence-electron chi connectivity index (χ0n) is 6.10. The van der Waals surface area contributed by atoms with Crippen LogP contribution < -0.4 is 0 Å². The van der Waals surface area contributed by atoms with Crippen molar-refractivity contribution in [1.29, 1.82) is 0 Å². The first-order chi connectivity index (χ1) is 5.13. The van der Waals surface area contributed by atoms with E-state index in [4.69, 9.17) is 15.3 Å². The highest BCUT2D eigenvalue weighted by atomic mass is 16.9. The van der Waals surface area contributed by atoms with Crippen LogP contribution in [0, 0.1) is 17.0 Å². The van der Waals surface area contributed by atoms with Gasteiger partial charge in [0.25, 0.3) is 5.09 Å². The van der Waals surface area contributed by atoms with Gasteiger partial charge >= 0.3 is 0 Å². The number of nitrogens with zero attached hydrogens (tertiary/aromatic N) is 1. The zero-order valence-corrected chi connectivity index (χ0v) is 6.10. The van der Waals surface area contributed by atoms with Gasteiger partial charge in [-0.1, -0.05) is 35.9 Å². The minimum Gasteiger partial charge on any atom is -0.328 e. The van der Waals surface area contributed by atoms with Gasteiger partial charge in [0, 0.05) is 0 Å². The van der Waals surface area contributed by atoms with Crippen LogP contribution in [-0.4, -0.2) is 10.3 Å². The molecule has 0 aromatic heterocycles. The maximum atomic E-state index is 8.36. The lowest BCUT2D eigenvalue weighted by molar-refractivity contribution is -0.742. The Kier molecular flexibility index (Phi) is 4.47. The number of hydrogen-bond acceptors (Lipinski definition) is 2. The molecule has 0 radical (unpaired) electrons. The first-order valence-corrected chi connectivity index (χ1v) is 2.98. The van der Waals surface area contributed by atoms with Gasteiger partial charge < -0.3 is 5.21 Å². The Labute approximate surface area is 64.2 Å². The van der Waals surface area contributed by atoms with Crippen LogP contribution in [-0.2, 0) is 0 Å². The molecule has 0 fully saturated rings. The maximum absolute atomic E-state index is 8.36. The highest BCUT2D eigenvalue weighted by Crippen LogP contribution is 1.92. The number of hydrogen-bond donors (Lipinski definition) is 1. The van der Waals surface area contributed by atoms with Crippen LogP contribution in [0.15, 0.2) is 30.3 Å². The van der Waals surface area contributed by atoms with E-state index in [-0.39, 0.29) is 0 Å². The van der Waals surface area contributed by atoms with Crippen LogP contribution in [0.1, 0.15) is 5.56 Å². The van der Waals surface area contributed by atoms with Gasteiger partial charge in [0.15, 0.2) is 0 Å². The van der Waals surface area contributed by atoms with Crippen molar-refractivity contribution in [3.05, 3.63) is 46.0 Å². The van der Waals surface area contributed by atoms with E-state index in [1.807, 2.05) is 18.2 Å². The monoisotopic (exact) mass is 155 g/mol. The third-order valence-corrected chi connectivity index (χ3v) is 0.940. The Morgan fingerprint density at radius 2 is 1.73 bits per heavy atom. The van der Waals surface area contributed by atoms with Crippen molar-refractivity contribution in [2.75, 3.05) is 0 Å². The average molecular weight is 155 g/mol. The van der Waals surface area contributed by atoms with Crippen molar-refractivity contribution < 1.29 is 10.3 Å². The summed E-state index contributed by atoms with van der Waals surface area (Å²) in [5.74, 6) is 0. The van der Waals surface area contributed by atoms with Crippen LogP contribution in [0.4, 0.5) is 0 Å². The summed E-state index contributed by atoms with van der Waals surface area (Å²) < 4.78 is 0. The molecule has 4 heteroatoms. The second kappa shape index (κ2) is 5.22. The molecule has 0 heterocycles. The first kappa shape index (κ1) is 9.42. The van der Waals surface area contributed by atoms with Crippen molar-refractivity contribution in [3.8, 4) is 0 Å². The van der Waals surface area contributed by atoms with E-state index < -0.39 is 5.09 Å². The molecular formula is C7H9NO3. The SMILES string of the molecule is Cc1ccccc1.O=[N+]([O-])O. The fourth-order valence-corrected chi connectivity index (χ4v) is 0.534. The topological polar surface area (TPSA) is 63.4 Å². The van der Waals surface area contributed by atoms with E-state index in [0.717, 1.165) is 0 Å². The highest BCUT2D eigenvalue weighted by Gasteiger charge is 1.72. The molecule has 0 spiro atoms. The van der Waals surface area contributed by atoms with Gasteiger partial charge in [-0.15, -0.1) is 10.1 Å². The van der Waals surface area contributed by atoms with Gasteiger partial charge in [-0.2, -0.15) is 0 Å². The molecule has 11 heavy (non-hydrogen) atoms. The Balaban J connectivity index is 0.000000218. The van der Waals surface area contributed by atoms with Crippen LogP contribution in [0.5, 0.6) is 0 Å². The van der Waals surface area contributed by atoms with Gasteiger partial charge in [-0.25, -0.2) is 0 Å². The second-order valence-electron chi connectivity index (χ2n) is 1.89. The van der Waals surface area contributed by atoms with Crippen molar-refractivity contribution in [1.82, 2.24) is 0 Å². The van der Waals surface area contributed by atoms with E-state index in [0.29, 0.717) is 0 Å². The molecule has 60 valence electrons. The number of rotatable bonds is 0. The van der Waals surface area contributed by atoms with E-state index in [9.17, 15) is 0 Å². The van der Waals surface area contributed by atoms with Crippen molar-refractivity contribution in [2.45, 2.75) is 6.92 Å². The lowest BCUT2D eigenvalue weighted by atomic mass is 10.2. The van der Waals surface area contributed by atoms with E-state index in [1.165, 1.54) is 5.56 Å². The summed E-state index contributed by atoms with van der Waals surface area (Å²) in [6.07, 6.45) is 0. The third kappa shape index (κ3) is 8.42. The van der Waals surface area contributed by atoms with Gasteiger partial charge in [0.2, 0.25) is 0 Å². The van der Waals surface area contributed by atoms with Gasteiger partial charge in [-0.05, 0) is 6.92 Å². The minimum atomic E-state index is -1.50. The predicted octanol–water partition coefficient (Wildman–Crippen LogP) is 1.65. The summed E-state index contributed by atoms with van der Waals surface area (Å²) in [5.41, 5.74) is 1.32. The summed E-state index contributed by atoms with van der Waals surface area (Å²) in [6, 6.07) is 10.3. The van der Waals surface area contributed by atoms with Crippen LogP contribution in [0.25, 0.3) is 0 Å². The molecular weight excluding hydrogens is 146 g/mol. The Bertz CT molecular complexity index is 206. The molecule has 0 aliphatic heterocycles. The molecule has 0 saturated heterocycles. The fraction of sp³-hybridized carbons (Fsp3) is 0.143. The summed E-state index contributed by atoms with van der Waals surface area (Å²) in [7, 11) is 0. The summed E-state index contributed by atoms with van der Waals surface area (Å²) in [4.78, 5) is 8.36. The zero-order chi connectivity index (χ0) is 8.69. The second-order valence-corrected chi connectivity index (χ2v) is 1.89. The van der Waals surface area contributed by atoms with Crippen molar-refractivity contribution in [2.24, 2.45) is 0 Å². The predicted molar refractivity (Wildman–Crippen MR) is 40.0 cm³/mol. The number of aryl methyl sites for hydroxylation is 1. The summed E-state index contributed by atoms with van der Waals surface area (Å²) in [6.45, 7) is 2.08. The summed E-state index contributed by atoms with van der Waals surface area (Å²) >= 11 is 0. The Morgan fingerprint density at radius 3 is 1.91 bits per heavy atom. The van der Waals surface area contributed by atoms with Gasteiger partial charge in [0.1, 0.15) is 0 Å². The first-order valence-electron chi connectivity index (χ1n) is 2.98. The minimum absolute atomic E-state index is 1.32. The fourth-order valence-electron chi connectivity index (χ4n) is 0.534. The van der Waals surface area contributed by atoms with Crippen LogP contribution in [0.3, 0.4) is 0 Å². The normalized spacial score (nSPS) is 7.73. The van der Waals surface area contributed by atoms with E-state index in [1.54, 1.807) is 0 Å². The van der Waals surface area contributed by atoms with E-state index >= 15 is 0 Å². The molecule has 4 nitrogen and oxygen atoms in total. The molecule has 0 unspecified atom stereocenters. The van der Waals surface area contributed by atoms with Crippen molar-refractivity contribution >= 4 is 0 Å². The molecule has 0 saturated carbocycles. The lowest BCUT2D eigenvalue weighted by Gasteiger charge is -1.82. The standard InChI is InChI=1S/C7H8.HNO3/c1-7-5-3-2-4-6-7;2-1(3)4/h2-6H,1H3;(H,2,3,4). The third-order valence-electron chi connectivity index (χ3n) is 0.940. The lowest BCUT2D eigenvalue weighted by Crippen LogP contribution is -1.81. The Hall–Kier alpha value is -1.58. The highest BCUT2D eigenvalue weighted by molar-refractivity contribution is 5.11. The smallest absolute Gasteiger partial charge is 0.291 e. The summed E-state index contributed by atoms with van der Waals surface area (Å²) in [5, 5.41) is 13.6. The van der Waals surface area contributed by atoms with Crippen LogP contribution in [0.2, 0.25) is 0 Å². The molecule has 0 atom stereocenters. The quantitative estimate of drug-likeness (QED) is 0.457. The maximum Gasteiger partial charge on any atom is 0.291 e. The Morgan fingerprint density at radius 1 is 1.36 bits per heavy atom. The number of benzene rings is 1. The molecule has 1 N–H and O–H groups in total. The average Bonchev–Trinajstić information content (AvgIpc) is 1.87. The largest absolute Gasteiger partial charge is 0.328 e. The van der Waals surface area contributed by atoms with Gasteiger partial charge in [0.05, 0.1) is 0 Å². The molecule has 0 aliphatic rings. The van der Waals surface area contributed by atoms with Gasteiger partial charge in [-0.3, -0.25) is 0 Å². The molecule has 1 rings (SSSR count). The molecule has 0 bridgehead atoms. The molecule has 0 amide bonds.